The smallest absolute Gasteiger partial charge is 0.163 e. The van der Waals surface area contributed by atoms with Gasteiger partial charge in [0.1, 0.15) is 5.75 Å². The predicted molar refractivity (Wildman–Crippen MR) is 77.0 cm³/mol. The molecule has 0 amide bonds. The summed E-state index contributed by atoms with van der Waals surface area (Å²) in [5, 5.41) is 0. The van der Waals surface area contributed by atoms with Crippen molar-refractivity contribution >= 4 is 5.78 Å². The zero-order valence-corrected chi connectivity index (χ0v) is 11.3. The van der Waals surface area contributed by atoms with Gasteiger partial charge in [-0.15, -0.1) is 0 Å². The Morgan fingerprint density at radius 3 is 2.45 bits per heavy atom. The molecule has 2 aromatic rings. The molecule has 1 aromatic carbocycles. The molecule has 0 spiro atoms. The van der Waals surface area contributed by atoms with Crippen LogP contribution < -0.4 is 4.74 Å². The number of ether oxygens (including phenoxy) is 1. The molecule has 3 heteroatoms. The quantitative estimate of drug-likeness (QED) is 0.753. The van der Waals surface area contributed by atoms with E-state index >= 15 is 0 Å². The third-order valence-corrected chi connectivity index (χ3v) is 3.39. The number of benzene rings is 1. The van der Waals surface area contributed by atoms with Gasteiger partial charge in [0.2, 0.25) is 0 Å². The van der Waals surface area contributed by atoms with Crippen LogP contribution in [0.5, 0.6) is 5.75 Å². The summed E-state index contributed by atoms with van der Waals surface area (Å²) >= 11 is 0. The topological polar surface area (TPSA) is 39.2 Å². The summed E-state index contributed by atoms with van der Waals surface area (Å²) in [5.41, 5.74) is 1.89. The number of Topliss-reactive ketones (excluding diaryl/α,β-unsaturated/α-hetero) is 1. The minimum Gasteiger partial charge on any atom is -0.490 e. The van der Waals surface area contributed by atoms with E-state index in [9.17, 15) is 4.79 Å². The summed E-state index contributed by atoms with van der Waals surface area (Å²) in [6, 6.07) is 11.4. The van der Waals surface area contributed by atoms with Gasteiger partial charge in [-0.25, -0.2) is 0 Å². The van der Waals surface area contributed by atoms with E-state index in [1.807, 2.05) is 36.4 Å². The summed E-state index contributed by atoms with van der Waals surface area (Å²) in [5.74, 6) is 1.03. The molecule has 0 atom stereocenters. The number of aryl methyl sites for hydroxylation is 1. The Bertz CT molecular complexity index is 574. The number of carbonyl (C=O) groups excluding carboxylic acids is 1. The van der Waals surface area contributed by atoms with E-state index in [0.29, 0.717) is 12.5 Å². The lowest BCUT2D eigenvalue weighted by atomic mass is 10.0. The summed E-state index contributed by atoms with van der Waals surface area (Å²) in [6.45, 7) is 0. The minimum absolute atomic E-state index is 0.166. The Kier molecular flexibility index (Phi) is 3.77. The molecule has 102 valence electrons. The van der Waals surface area contributed by atoms with E-state index in [4.69, 9.17) is 4.74 Å². The third kappa shape index (κ3) is 3.44. The number of ketones is 1. The molecule has 1 aliphatic carbocycles. The van der Waals surface area contributed by atoms with Crippen molar-refractivity contribution in [3.05, 3.63) is 59.9 Å². The number of nitrogens with zero attached hydrogens (tertiary/aromatic N) is 1. The Balaban J connectivity index is 1.56. The molecule has 1 aromatic heterocycles. The largest absolute Gasteiger partial charge is 0.490 e. The normalized spacial score (nSPS) is 14.0. The van der Waals surface area contributed by atoms with Crippen LogP contribution >= 0.6 is 0 Å². The van der Waals surface area contributed by atoms with Crippen molar-refractivity contribution in [3.63, 3.8) is 0 Å². The molecule has 0 aliphatic heterocycles. The predicted octanol–water partition coefficient (Wildman–Crippen LogP) is 3.44. The van der Waals surface area contributed by atoms with Gasteiger partial charge in [-0.1, -0.05) is 0 Å². The maximum atomic E-state index is 12.1. The number of hydrogen-bond donors (Lipinski definition) is 0. The fourth-order valence-electron chi connectivity index (χ4n) is 2.05. The first-order valence-electron chi connectivity index (χ1n) is 7.00. The number of pyridine rings is 1. The first-order valence-corrected chi connectivity index (χ1v) is 7.00. The zero-order valence-electron chi connectivity index (χ0n) is 11.3. The molecule has 3 nitrogen and oxygen atoms in total. The highest BCUT2D eigenvalue weighted by atomic mass is 16.5. The molecule has 3 rings (SSSR count). The Labute approximate surface area is 118 Å². The van der Waals surface area contributed by atoms with Crippen molar-refractivity contribution in [2.24, 2.45) is 0 Å². The van der Waals surface area contributed by atoms with E-state index in [1.165, 1.54) is 0 Å². The number of aromatic nitrogens is 1. The van der Waals surface area contributed by atoms with Gasteiger partial charge >= 0.3 is 0 Å². The highest BCUT2D eigenvalue weighted by molar-refractivity contribution is 5.96. The van der Waals surface area contributed by atoms with Crippen LogP contribution in [-0.2, 0) is 6.42 Å². The Morgan fingerprint density at radius 2 is 1.80 bits per heavy atom. The standard InChI is InChI=1S/C17H17NO2/c19-17(8-1-13-9-11-18-12-10-13)14-2-4-15(5-3-14)20-16-6-7-16/h2-5,9-12,16H,1,6-8H2. The second kappa shape index (κ2) is 5.87. The summed E-state index contributed by atoms with van der Waals surface area (Å²) in [6.07, 6.45) is 7.46. The minimum atomic E-state index is 0.166. The summed E-state index contributed by atoms with van der Waals surface area (Å²) in [4.78, 5) is 16.1. The maximum Gasteiger partial charge on any atom is 0.163 e. The number of hydrogen-bond acceptors (Lipinski definition) is 3. The summed E-state index contributed by atoms with van der Waals surface area (Å²) in [7, 11) is 0. The Hall–Kier alpha value is -2.16. The molecule has 1 saturated carbocycles. The van der Waals surface area contributed by atoms with Crippen LogP contribution in [0.15, 0.2) is 48.8 Å². The van der Waals surface area contributed by atoms with Gasteiger partial charge in [-0.2, -0.15) is 0 Å². The highest BCUT2D eigenvalue weighted by Crippen LogP contribution is 2.26. The van der Waals surface area contributed by atoms with Gasteiger partial charge in [0.25, 0.3) is 0 Å². The van der Waals surface area contributed by atoms with Crippen molar-refractivity contribution in [2.45, 2.75) is 31.8 Å². The van der Waals surface area contributed by atoms with Crippen LogP contribution in [0.4, 0.5) is 0 Å². The van der Waals surface area contributed by atoms with Gasteiger partial charge in [-0.3, -0.25) is 9.78 Å². The lowest BCUT2D eigenvalue weighted by molar-refractivity contribution is 0.0983. The first-order chi connectivity index (χ1) is 9.81. The SMILES string of the molecule is O=C(CCc1ccncc1)c1ccc(OC2CC2)cc1. The monoisotopic (exact) mass is 267 g/mol. The fraction of sp³-hybridized carbons (Fsp3) is 0.294. The number of carbonyl (C=O) groups is 1. The number of rotatable bonds is 6. The fourth-order valence-corrected chi connectivity index (χ4v) is 2.05. The lowest BCUT2D eigenvalue weighted by Gasteiger charge is -2.05. The van der Waals surface area contributed by atoms with E-state index in [1.54, 1.807) is 12.4 Å². The molecule has 0 unspecified atom stereocenters. The molecular formula is C17H17NO2. The second-order valence-electron chi connectivity index (χ2n) is 5.12. The molecule has 1 aliphatic rings. The van der Waals surface area contributed by atoms with Crippen molar-refractivity contribution in [3.8, 4) is 5.75 Å². The van der Waals surface area contributed by atoms with E-state index < -0.39 is 0 Å². The van der Waals surface area contributed by atoms with Crippen LogP contribution in [0.25, 0.3) is 0 Å². The average Bonchev–Trinajstić information content (AvgIpc) is 3.31. The van der Waals surface area contributed by atoms with E-state index in [0.717, 1.165) is 36.1 Å². The van der Waals surface area contributed by atoms with Crippen molar-refractivity contribution < 1.29 is 9.53 Å². The average molecular weight is 267 g/mol. The maximum absolute atomic E-state index is 12.1. The van der Waals surface area contributed by atoms with Crippen LogP contribution in [0, 0.1) is 0 Å². The first kappa shape index (κ1) is 12.9. The Morgan fingerprint density at radius 1 is 1.10 bits per heavy atom. The van der Waals surface area contributed by atoms with Crippen molar-refractivity contribution in [1.82, 2.24) is 4.98 Å². The molecule has 1 heterocycles. The van der Waals surface area contributed by atoms with E-state index in [-0.39, 0.29) is 5.78 Å². The lowest BCUT2D eigenvalue weighted by Crippen LogP contribution is -2.02. The molecule has 0 N–H and O–H groups in total. The van der Waals surface area contributed by atoms with Crippen LogP contribution in [0.2, 0.25) is 0 Å². The third-order valence-electron chi connectivity index (χ3n) is 3.39. The molecule has 0 saturated heterocycles. The van der Waals surface area contributed by atoms with Crippen molar-refractivity contribution in [1.29, 1.82) is 0 Å². The molecule has 1 fully saturated rings. The molecule has 0 radical (unpaired) electrons. The van der Waals surface area contributed by atoms with Crippen molar-refractivity contribution in [2.75, 3.05) is 0 Å². The zero-order chi connectivity index (χ0) is 13.8. The second-order valence-corrected chi connectivity index (χ2v) is 5.12. The van der Waals surface area contributed by atoms with Gasteiger partial charge in [0.15, 0.2) is 5.78 Å². The van der Waals surface area contributed by atoms with Gasteiger partial charge in [0, 0.05) is 24.4 Å². The molecule has 20 heavy (non-hydrogen) atoms. The molecule has 0 bridgehead atoms. The summed E-state index contributed by atoms with van der Waals surface area (Å²) < 4.78 is 5.67. The van der Waals surface area contributed by atoms with Gasteiger partial charge in [0.05, 0.1) is 6.10 Å². The van der Waals surface area contributed by atoms with E-state index in [2.05, 4.69) is 4.98 Å². The van der Waals surface area contributed by atoms with Crippen LogP contribution in [0.1, 0.15) is 35.2 Å². The van der Waals surface area contributed by atoms with Crippen LogP contribution in [0.3, 0.4) is 0 Å². The van der Waals surface area contributed by atoms with Crippen LogP contribution in [-0.4, -0.2) is 16.9 Å². The molecular weight excluding hydrogens is 250 g/mol. The highest BCUT2D eigenvalue weighted by Gasteiger charge is 2.23. The van der Waals surface area contributed by atoms with Gasteiger partial charge in [-0.05, 0) is 61.2 Å². The van der Waals surface area contributed by atoms with Gasteiger partial charge < -0.3 is 4.74 Å².